The third-order valence-electron chi connectivity index (χ3n) is 4.21. The molecule has 0 saturated carbocycles. The number of thiocarbonyl (C=S) groups is 1. The minimum atomic E-state index is -0.170. The van der Waals surface area contributed by atoms with E-state index in [1.807, 2.05) is 31.2 Å². The second-order valence-corrected chi connectivity index (χ2v) is 7.45. The lowest BCUT2D eigenvalue weighted by molar-refractivity contribution is -0.113. The Hall–Kier alpha value is -2.51. The predicted octanol–water partition coefficient (Wildman–Crippen LogP) is 4.38. The first-order valence-corrected chi connectivity index (χ1v) is 9.53. The Kier molecular flexibility index (Phi) is 5.72. The van der Waals surface area contributed by atoms with E-state index in [-0.39, 0.29) is 23.2 Å². The summed E-state index contributed by atoms with van der Waals surface area (Å²) in [5, 5.41) is 10.0. The molecule has 1 saturated heterocycles. The summed E-state index contributed by atoms with van der Waals surface area (Å²) in [6.07, 6.45) is 2.52. The smallest absolute Gasteiger partial charge is 0.270 e. The number of aromatic hydroxyl groups is 1. The third kappa shape index (κ3) is 3.65. The average Bonchev–Trinajstić information content (AvgIpc) is 2.95. The molecular formula is C20H19NO4S2. The molecule has 140 valence electrons. The number of anilines is 1. The molecule has 0 aromatic heterocycles. The molecular weight excluding hydrogens is 382 g/mol. The van der Waals surface area contributed by atoms with Gasteiger partial charge in [0.15, 0.2) is 15.8 Å². The number of ether oxygens (including phenoxy) is 2. The quantitative estimate of drug-likeness (QED) is 0.593. The van der Waals surface area contributed by atoms with Crippen LogP contribution in [0.25, 0.3) is 6.08 Å². The van der Waals surface area contributed by atoms with Crippen LogP contribution in [0.3, 0.4) is 0 Å². The largest absolute Gasteiger partial charge is 0.502 e. The zero-order chi connectivity index (χ0) is 19.6. The minimum absolute atomic E-state index is 0.0819. The number of carbonyl (C=O) groups excluding carboxylic acids is 1. The fourth-order valence-corrected chi connectivity index (χ4v) is 4.14. The molecule has 2 aromatic carbocycles. The Morgan fingerprint density at radius 2 is 1.81 bits per heavy atom. The zero-order valence-electron chi connectivity index (χ0n) is 15.2. The van der Waals surface area contributed by atoms with Gasteiger partial charge in [0.1, 0.15) is 0 Å². The molecule has 7 heteroatoms. The van der Waals surface area contributed by atoms with Crippen molar-refractivity contribution >= 4 is 46.0 Å². The van der Waals surface area contributed by atoms with Gasteiger partial charge in [-0.3, -0.25) is 9.69 Å². The fourth-order valence-electron chi connectivity index (χ4n) is 2.85. The highest BCUT2D eigenvalue weighted by molar-refractivity contribution is 8.27. The number of benzene rings is 2. The molecule has 0 radical (unpaired) electrons. The Morgan fingerprint density at radius 1 is 1.19 bits per heavy atom. The number of amides is 1. The van der Waals surface area contributed by atoms with Crippen molar-refractivity contribution in [1.82, 2.24) is 0 Å². The summed E-state index contributed by atoms with van der Waals surface area (Å²) in [6.45, 7) is 2.04. The van der Waals surface area contributed by atoms with Crippen LogP contribution in [-0.2, 0) is 11.2 Å². The lowest BCUT2D eigenvalue weighted by Gasteiger charge is -2.18. The molecule has 0 atom stereocenters. The summed E-state index contributed by atoms with van der Waals surface area (Å²) in [5.41, 5.74) is 2.54. The van der Waals surface area contributed by atoms with Crippen LogP contribution in [0, 0.1) is 0 Å². The van der Waals surface area contributed by atoms with E-state index in [1.165, 1.54) is 26.0 Å². The summed E-state index contributed by atoms with van der Waals surface area (Å²) in [4.78, 5) is 15.1. The Morgan fingerprint density at radius 3 is 2.41 bits per heavy atom. The predicted molar refractivity (Wildman–Crippen MR) is 113 cm³/mol. The zero-order valence-corrected chi connectivity index (χ0v) is 16.8. The summed E-state index contributed by atoms with van der Waals surface area (Å²) in [5.74, 6) is 0.290. The van der Waals surface area contributed by atoms with Crippen LogP contribution >= 0.6 is 24.0 Å². The normalized spacial score (nSPS) is 15.5. The summed E-state index contributed by atoms with van der Waals surface area (Å²) in [7, 11) is 2.92. The topological polar surface area (TPSA) is 59.0 Å². The highest BCUT2D eigenvalue weighted by atomic mass is 32.2. The number of phenolic OH excluding ortho intramolecular Hbond substituents is 1. The lowest BCUT2D eigenvalue weighted by atomic mass is 10.1. The summed E-state index contributed by atoms with van der Waals surface area (Å²) < 4.78 is 10.8. The minimum Gasteiger partial charge on any atom is -0.502 e. The van der Waals surface area contributed by atoms with Crippen LogP contribution in [0.1, 0.15) is 18.1 Å². The van der Waals surface area contributed by atoms with Crippen LogP contribution < -0.4 is 14.4 Å². The van der Waals surface area contributed by atoms with Gasteiger partial charge in [-0.15, -0.1) is 0 Å². The maximum absolute atomic E-state index is 13.0. The number of thioether (sulfide) groups is 1. The molecule has 27 heavy (non-hydrogen) atoms. The first-order chi connectivity index (χ1) is 13.0. The highest BCUT2D eigenvalue weighted by Gasteiger charge is 2.34. The molecule has 3 rings (SSSR count). The maximum Gasteiger partial charge on any atom is 0.270 e. The number of phenols is 1. The molecule has 0 bridgehead atoms. The summed E-state index contributed by atoms with van der Waals surface area (Å²) >= 11 is 6.70. The molecule has 0 aliphatic carbocycles. The van der Waals surface area contributed by atoms with Crippen molar-refractivity contribution < 1.29 is 19.4 Å². The number of aryl methyl sites for hydroxylation is 1. The molecule has 1 aliphatic heterocycles. The molecule has 1 N–H and O–H groups in total. The number of hydrogen-bond acceptors (Lipinski definition) is 6. The van der Waals surface area contributed by atoms with E-state index in [1.54, 1.807) is 23.1 Å². The van der Waals surface area contributed by atoms with Crippen molar-refractivity contribution in [3.05, 3.63) is 52.4 Å². The number of carbonyl (C=O) groups is 1. The van der Waals surface area contributed by atoms with E-state index in [4.69, 9.17) is 21.7 Å². The van der Waals surface area contributed by atoms with Crippen molar-refractivity contribution in [3.8, 4) is 17.2 Å². The van der Waals surface area contributed by atoms with Gasteiger partial charge >= 0.3 is 0 Å². The van der Waals surface area contributed by atoms with Gasteiger partial charge < -0.3 is 14.6 Å². The van der Waals surface area contributed by atoms with E-state index >= 15 is 0 Å². The van der Waals surface area contributed by atoms with E-state index in [9.17, 15) is 9.90 Å². The van der Waals surface area contributed by atoms with Crippen molar-refractivity contribution in [2.75, 3.05) is 19.1 Å². The first-order valence-electron chi connectivity index (χ1n) is 8.31. The van der Waals surface area contributed by atoms with Gasteiger partial charge in [0.25, 0.3) is 5.91 Å². The van der Waals surface area contributed by atoms with Gasteiger partial charge in [-0.05, 0) is 41.8 Å². The van der Waals surface area contributed by atoms with Crippen molar-refractivity contribution in [2.45, 2.75) is 13.3 Å². The van der Waals surface area contributed by atoms with E-state index in [0.29, 0.717) is 14.8 Å². The van der Waals surface area contributed by atoms with Crippen LogP contribution in [0.2, 0.25) is 0 Å². The number of para-hydroxylation sites is 1. The van der Waals surface area contributed by atoms with Crippen molar-refractivity contribution in [3.63, 3.8) is 0 Å². The first kappa shape index (κ1) is 19.3. The Balaban J connectivity index is 2.00. The van der Waals surface area contributed by atoms with E-state index < -0.39 is 0 Å². The monoisotopic (exact) mass is 401 g/mol. The van der Waals surface area contributed by atoms with Crippen LogP contribution in [0.5, 0.6) is 17.2 Å². The standard InChI is InChI=1S/C20H19NO4S2/c1-4-13-7-5-6-8-14(13)21-19(23)17(27-20(21)26)11-12-9-15(24-2)18(22)16(10-12)25-3/h5-11,22H,4H2,1-3H3. The van der Waals surface area contributed by atoms with Gasteiger partial charge in [0.2, 0.25) is 5.75 Å². The van der Waals surface area contributed by atoms with Crippen molar-refractivity contribution in [2.24, 2.45) is 0 Å². The van der Waals surface area contributed by atoms with E-state index in [0.717, 1.165) is 17.7 Å². The van der Waals surface area contributed by atoms with Crippen molar-refractivity contribution in [1.29, 1.82) is 0 Å². The molecule has 2 aromatic rings. The molecule has 1 aliphatic rings. The lowest BCUT2D eigenvalue weighted by Crippen LogP contribution is -2.28. The Bertz CT molecular complexity index is 914. The molecule has 5 nitrogen and oxygen atoms in total. The van der Waals surface area contributed by atoms with Gasteiger partial charge in [-0.2, -0.15) is 0 Å². The fraction of sp³-hybridized carbons (Fsp3) is 0.200. The highest BCUT2D eigenvalue weighted by Crippen LogP contribution is 2.41. The van der Waals surface area contributed by atoms with Crippen LogP contribution in [0.15, 0.2) is 41.3 Å². The SMILES string of the molecule is CCc1ccccc1N1C(=O)C(=Cc2cc(OC)c(O)c(OC)c2)SC1=S. The molecule has 1 fully saturated rings. The number of rotatable bonds is 5. The number of hydrogen-bond donors (Lipinski definition) is 1. The molecule has 1 amide bonds. The maximum atomic E-state index is 13.0. The van der Waals surface area contributed by atoms with Gasteiger partial charge in [0.05, 0.1) is 24.8 Å². The summed E-state index contributed by atoms with van der Waals surface area (Å²) in [6, 6.07) is 11.0. The second kappa shape index (κ2) is 8.02. The number of methoxy groups -OCH3 is 2. The van der Waals surface area contributed by atoms with Gasteiger partial charge in [-0.25, -0.2) is 0 Å². The second-order valence-electron chi connectivity index (χ2n) is 5.77. The van der Waals surface area contributed by atoms with Gasteiger partial charge in [0, 0.05) is 0 Å². The molecule has 1 heterocycles. The van der Waals surface area contributed by atoms with E-state index in [2.05, 4.69) is 0 Å². The molecule has 0 spiro atoms. The number of nitrogens with zero attached hydrogens (tertiary/aromatic N) is 1. The molecule has 0 unspecified atom stereocenters. The Labute approximate surface area is 167 Å². The van der Waals surface area contributed by atoms with Crippen LogP contribution in [-0.4, -0.2) is 29.6 Å². The average molecular weight is 402 g/mol. The van der Waals surface area contributed by atoms with Crippen LogP contribution in [0.4, 0.5) is 5.69 Å². The third-order valence-corrected chi connectivity index (χ3v) is 5.51. The van der Waals surface area contributed by atoms with Gasteiger partial charge in [-0.1, -0.05) is 49.1 Å².